The minimum Gasteiger partial charge on any atom is -0.377 e. The fraction of sp³-hybridized carbons (Fsp3) is 1.00. The molecule has 1 saturated heterocycles. The van der Waals surface area contributed by atoms with Gasteiger partial charge >= 0.3 is 0 Å². The van der Waals surface area contributed by atoms with Crippen LogP contribution in [0.25, 0.3) is 0 Å². The van der Waals surface area contributed by atoms with Gasteiger partial charge in [-0.25, -0.2) is 0 Å². The molecule has 1 aliphatic heterocycles. The zero-order chi connectivity index (χ0) is 5.61. The molecular formula is C6H12ClNO. The molecule has 54 valence electrons. The van der Waals surface area contributed by atoms with E-state index in [1.807, 2.05) is 0 Å². The second kappa shape index (κ2) is 2.11. The van der Waals surface area contributed by atoms with Crippen molar-refractivity contribution in [3.63, 3.8) is 0 Å². The second-order valence-corrected chi connectivity index (χ2v) is 3.00. The van der Waals surface area contributed by atoms with Crippen LogP contribution < -0.4 is 5.73 Å². The standard InChI is InChI=1S/C6H11NO.ClH/c7-6(3-8-4-6)5-1-2-5;/h5H,1-4,7H2;1H. The van der Waals surface area contributed by atoms with Crippen molar-refractivity contribution >= 4 is 12.4 Å². The van der Waals surface area contributed by atoms with Crippen LogP contribution in [-0.2, 0) is 4.74 Å². The molecule has 0 aromatic rings. The SMILES string of the molecule is Cl.NC1(C2CC2)COC1. The average molecular weight is 150 g/mol. The predicted octanol–water partition coefficient (Wildman–Crippen LogP) is 0.546. The molecule has 3 heteroatoms. The summed E-state index contributed by atoms with van der Waals surface area (Å²) in [4.78, 5) is 0. The van der Waals surface area contributed by atoms with Crippen molar-refractivity contribution in [2.45, 2.75) is 18.4 Å². The fourth-order valence-electron chi connectivity index (χ4n) is 1.23. The lowest BCUT2D eigenvalue weighted by atomic mass is 9.93. The smallest absolute Gasteiger partial charge is 0.0672 e. The van der Waals surface area contributed by atoms with Crippen LogP contribution in [0.3, 0.4) is 0 Å². The summed E-state index contributed by atoms with van der Waals surface area (Å²) in [5.41, 5.74) is 5.99. The average Bonchev–Trinajstić information content (AvgIpc) is 2.38. The maximum atomic E-state index is 5.88. The largest absolute Gasteiger partial charge is 0.377 e. The van der Waals surface area contributed by atoms with E-state index in [0.717, 1.165) is 19.1 Å². The molecule has 0 atom stereocenters. The number of nitrogens with two attached hydrogens (primary N) is 1. The molecule has 0 aromatic heterocycles. The number of rotatable bonds is 1. The van der Waals surface area contributed by atoms with E-state index in [4.69, 9.17) is 10.5 Å². The number of halogens is 1. The van der Waals surface area contributed by atoms with Gasteiger partial charge in [0.2, 0.25) is 0 Å². The van der Waals surface area contributed by atoms with Gasteiger partial charge in [0.05, 0.1) is 18.8 Å². The van der Waals surface area contributed by atoms with Crippen LogP contribution in [0.4, 0.5) is 0 Å². The molecule has 0 spiro atoms. The molecule has 2 N–H and O–H groups in total. The van der Waals surface area contributed by atoms with Crippen LogP contribution in [0.2, 0.25) is 0 Å². The molecule has 0 amide bonds. The Morgan fingerprint density at radius 2 is 1.89 bits per heavy atom. The highest BCUT2D eigenvalue weighted by Crippen LogP contribution is 2.41. The van der Waals surface area contributed by atoms with E-state index in [0.29, 0.717) is 0 Å². The van der Waals surface area contributed by atoms with Crippen molar-refractivity contribution in [1.29, 1.82) is 0 Å². The topological polar surface area (TPSA) is 35.2 Å². The first kappa shape index (κ1) is 7.32. The molecule has 2 aliphatic rings. The Morgan fingerprint density at radius 1 is 1.33 bits per heavy atom. The Labute approximate surface area is 61.2 Å². The van der Waals surface area contributed by atoms with E-state index in [9.17, 15) is 0 Å². The maximum absolute atomic E-state index is 5.88. The van der Waals surface area contributed by atoms with Gasteiger partial charge in [0.1, 0.15) is 0 Å². The second-order valence-electron chi connectivity index (χ2n) is 3.00. The van der Waals surface area contributed by atoms with Gasteiger partial charge in [-0.05, 0) is 18.8 Å². The Hall–Kier alpha value is 0.210. The van der Waals surface area contributed by atoms with Crippen LogP contribution >= 0.6 is 12.4 Å². The quantitative estimate of drug-likeness (QED) is 0.591. The molecule has 2 rings (SSSR count). The third kappa shape index (κ3) is 1.07. The van der Waals surface area contributed by atoms with E-state index in [-0.39, 0.29) is 17.9 Å². The van der Waals surface area contributed by atoms with E-state index in [1.54, 1.807) is 0 Å². The molecule has 0 unspecified atom stereocenters. The van der Waals surface area contributed by atoms with Crippen molar-refractivity contribution in [1.82, 2.24) is 0 Å². The van der Waals surface area contributed by atoms with Gasteiger partial charge in [-0.2, -0.15) is 0 Å². The predicted molar refractivity (Wildman–Crippen MR) is 37.7 cm³/mol. The molecule has 1 heterocycles. The molecule has 0 bridgehead atoms. The Bertz CT molecular complexity index is 110. The first-order valence-electron chi connectivity index (χ1n) is 3.18. The van der Waals surface area contributed by atoms with Gasteiger partial charge < -0.3 is 10.5 Å². The first-order valence-corrected chi connectivity index (χ1v) is 3.18. The van der Waals surface area contributed by atoms with E-state index >= 15 is 0 Å². The Morgan fingerprint density at radius 3 is 2.00 bits per heavy atom. The van der Waals surface area contributed by atoms with E-state index in [1.165, 1.54) is 12.8 Å². The molecule has 2 nitrogen and oxygen atoms in total. The minimum absolute atomic E-state index is 0. The summed E-state index contributed by atoms with van der Waals surface area (Å²) < 4.78 is 5.01. The number of hydrogen-bond donors (Lipinski definition) is 1. The van der Waals surface area contributed by atoms with Crippen molar-refractivity contribution in [3.05, 3.63) is 0 Å². The van der Waals surface area contributed by atoms with Crippen LogP contribution in [-0.4, -0.2) is 18.8 Å². The van der Waals surface area contributed by atoms with Gasteiger partial charge in [0.25, 0.3) is 0 Å². The van der Waals surface area contributed by atoms with E-state index < -0.39 is 0 Å². The summed E-state index contributed by atoms with van der Waals surface area (Å²) >= 11 is 0. The zero-order valence-electron chi connectivity index (χ0n) is 5.30. The first-order chi connectivity index (χ1) is 3.81. The van der Waals surface area contributed by atoms with Crippen LogP contribution in [0, 0.1) is 5.92 Å². The molecule has 2 fully saturated rings. The summed E-state index contributed by atoms with van der Waals surface area (Å²) in [5, 5.41) is 0. The number of ether oxygens (including phenoxy) is 1. The highest BCUT2D eigenvalue weighted by Gasteiger charge is 2.47. The monoisotopic (exact) mass is 149 g/mol. The van der Waals surface area contributed by atoms with Crippen molar-refractivity contribution in [2.75, 3.05) is 13.2 Å². The highest BCUT2D eigenvalue weighted by molar-refractivity contribution is 5.85. The van der Waals surface area contributed by atoms with Gasteiger partial charge in [-0.1, -0.05) is 0 Å². The van der Waals surface area contributed by atoms with Crippen LogP contribution in [0.5, 0.6) is 0 Å². The van der Waals surface area contributed by atoms with Gasteiger partial charge in [0, 0.05) is 0 Å². The van der Waals surface area contributed by atoms with Crippen LogP contribution in [0.15, 0.2) is 0 Å². The van der Waals surface area contributed by atoms with Gasteiger partial charge in [-0.3, -0.25) is 0 Å². The maximum Gasteiger partial charge on any atom is 0.0672 e. The normalized spacial score (nSPS) is 30.3. The van der Waals surface area contributed by atoms with Crippen molar-refractivity contribution < 1.29 is 4.74 Å². The molecule has 9 heavy (non-hydrogen) atoms. The van der Waals surface area contributed by atoms with Gasteiger partial charge in [-0.15, -0.1) is 12.4 Å². The Kier molecular flexibility index (Phi) is 1.72. The lowest BCUT2D eigenvalue weighted by Gasteiger charge is -2.37. The summed E-state index contributed by atoms with van der Waals surface area (Å²) in [7, 11) is 0. The summed E-state index contributed by atoms with van der Waals surface area (Å²) in [6, 6.07) is 0. The lowest BCUT2D eigenvalue weighted by molar-refractivity contribution is -0.0646. The molecule has 0 radical (unpaired) electrons. The molecular weight excluding hydrogens is 138 g/mol. The van der Waals surface area contributed by atoms with Crippen LogP contribution in [0.1, 0.15) is 12.8 Å². The summed E-state index contributed by atoms with van der Waals surface area (Å²) in [6.45, 7) is 1.61. The summed E-state index contributed by atoms with van der Waals surface area (Å²) in [6.07, 6.45) is 2.67. The minimum atomic E-state index is 0. The highest BCUT2D eigenvalue weighted by atomic mass is 35.5. The van der Waals surface area contributed by atoms with E-state index in [2.05, 4.69) is 0 Å². The van der Waals surface area contributed by atoms with Crippen molar-refractivity contribution in [3.8, 4) is 0 Å². The molecule has 1 saturated carbocycles. The summed E-state index contributed by atoms with van der Waals surface area (Å²) in [5.74, 6) is 0.802. The zero-order valence-corrected chi connectivity index (χ0v) is 6.12. The third-order valence-electron chi connectivity index (χ3n) is 2.13. The third-order valence-corrected chi connectivity index (χ3v) is 2.13. The number of hydrogen-bond acceptors (Lipinski definition) is 2. The lowest BCUT2D eigenvalue weighted by Crippen LogP contribution is -2.59. The fourth-order valence-corrected chi connectivity index (χ4v) is 1.23. The Balaban J connectivity index is 0.000000405. The molecule has 1 aliphatic carbocycles. The molecule has 0 aromatic carbocycles. The van der Waals surface area contributed by atoms with Gasteiger partial charge in [0.15, 0.2) is 0 Å². The van der Waals surface area contributed by atoms with Crippen molar-refractivity contribution in [2.24, 2.45) is 11.7 Å².